The average molecular weight is 1110 g/mol. The second kappa shape index (κ2) is 18.4. The minimum absolute atomic E-state index is 0.0434. The summed E-state index contributed by atoms with van der Waals surface area (Å²) < 4.78 is 82.8. The second-order valence-electron chi connectivity index (χ2n) is 19.7. The maximum absolute atomic E-state index is 9.37. The van der Waals surface area contributed by atoms with Gasteiger partial charge in [-0.3, -0.25) is 0 Å². The summed E-state index contributed by atoms with van der Waals surface area (Å²) in [5.74, 6) is 1.37. The van der Waals surface area contributed by atoms with Gasteiger partial charge in [-0.1, -0.05) is 48.5 Å². The van der Waals surface area contributed by atoms with E-state index in [-0.39, 0.29) is 34.5 Å². The van der Waals surface area contributed by atoms with E-state index < -0.39 is 37.1 Å². The number of benzene rings is 8. The number of ether oxygens (including phenoxy) is 1. The second-order valence-corrected chi connectivity index (χ2v) is 20.7. The van der Waals surface area contributed by atoms with Gasteiger partial charge in [-0.05, 0) is 12.1 Å². The van der Waals surface area contributed by atoms with Gasteiger partial charge in [0, 0.05) is 5.69 Å². The van der Waals surface area contributed by atoms with Crippen LogP contribution in [0.25, 0.3) is 44.7 Å². The van der Waals surface area contributed by atoms with Crippen molar-refractivity contribution in [3.8, 4) is 45.3 Å². The Morgan fingerprint density at radius 1 is 0.634 bits per heavy atom. The first-order valence-corrected chi connectivity index (χ1v) is 24.7. The van der Waals surface area contributed by atoms with E-state index in [1.54, 1.807) is 6.07 Å². The molecule has 0 aliphatic carbocycles. The van der Waals surface area contributed by atoms with E-state index >= 15 is 0 Å². The van der Waals surface area contributed by atoms with Crippen molar-refractivity contribution in [2.24, 2.45) is 0 Å². The molecule has 0 atom stereocenters. The van der Waals surface area contributed by atoms with Gasteiger partial charge in [0.2, 0.25) is 0 Å². The first kappa shape index (κ1) is 37.4. The van der Waals surface area contributed by atoms with Gasteiger partial charge in [-0.25, -0.2) is 0 Å². The Hall–Kier alpha value is -7.47. The van der Waals surface area contributed by atoms with Crippen LogP contribution in [0.2, 0.25) is 0 Å². The standard InChI is InChI=1S/C63H54BN5O.Pt/c1-44-37-53(45-23-11-8-12-24-45)61(54(38-44)46-39-47(62(2,3)4)41-48(40-46)63(5,6)7)67-43-66(55-31-17-18-32-56(55)67)51-29-21-30-52(42-51)70-60-36-22-35-59(65-60)69-58-34-20-19-33-57(58)68(50-27-15-10-16-28-50)64(69)49-25-13-9-14-26-49;/h8-33,35-41H,1-7H3;/q-2;/i1D3,8D,11D,12D,23D,24D;. The fourth-order valence-corrected chi connectivity index (χ4v) is 10.5. The molecule has 11 rings (SSSR count). The monoisotopic (exact) mass is 1110 g/mol. The molecule has 6 nitrogen and oxygen atoms in total. The van der Waals surface area contributed by atoms with Crippen molar-refractivity contribution in [2.45, 2.75) is 59.2 Å². The Kier molecular flexibility index (Phi) is 9.67. The van der Waals surface area contributed by atoms with Gasteiger partial charge >= 0.3 is 358 Å². The molecule has 0 N–H and O–H groups in total. The predicted molar refractivity (Wildman–Crippen MR) is 290 cm³/mol. The Morgan fingerprint density at radius 3 is 1.97 bits per heavy atom. The van der Waals surface area contributed by atoms with E-state index in [1.165, 1.54) is 6.07 Å². The quantitative estimate of drug-likeness (QED) is 0.107. The van der Waals surface area contributed by atoms with Crippen molar-refractivity contribution in [3.63, 3.8) is 0 Å². The van der Waals surface area contributed by atoms with E-state index in [2.05, 4.69) is 131 Å². The molecule has 8 heteroatoms. The van der Waals surface area contributed by atoms with Gasteiger partial charge in [0.15, 0.2) is 0 Å². The Labute approximate surface area is 440 Å². The minimum atomic E-state index is -2.65. The van der Waals surface area contributed by atoms with Crippen LogP contribution in [-0.2, 0) is 30.2 Å². The van der Waals surface area contributed by atoms with E-state index in [9.17, 15) is 2.74 Å². The summed E-state index contributed by atoms with van der Waals surface area (Å²) in [6.07, 6.45) is 0. The molecule has 0 amide bonds. The Bertz CT molecular complexity index is 4020. The summed E-state index contributed by atoms with van der Waals surface area (Å²) in [4.78, 5) is 9.64. The molecule has 0 unspecified atom stereocenters. The summed E-state index contributed by atoms with van der Waals surface area (Å²) in [6, 6.07) is 59.8. The van der Waals surface area contributed by atoms with Gasteiger partial charge in [-0.2, -0.15) is 12.1 Å². The molecule has 8 aromatic carbocycles. The molecule has 0 fully saturated rings. The molecule has 0 saturated heterocycles. The number of hydrogen-bond donors (Lipinski definition) is 0. The summed E-state index contributed by atoms with van der Waals surface area (Å²) in [5, 5.41) is 0. The molecule has 0 saturated carbocycles. The van der Waals surface area contributed by atoms with Crippen molar-refractivity contribution >= 4 is 46.4 Å². The van der Waals surface area contributed by atoms with Crippen molar-refractivity contribution in [2.75, 3.05) is 9.62 Å². The number of rotatable bonds is 9. The zero-order valence-corrected chi connectivity index (χ0v) is 42.5. The normalized spacial score (nSPS) is 14.5. The molecule has 3 heterocycles. The average Bonchev–Trinajstić information content (AvgIpc) is 4.20. The number of pyridine rings is 1. The van der Waals surface area contributed by atoms with E-state index in [0.717, 1.165) is 39.2 Å². The molecular weight excluding hydrogens is 1050 g/mol. The maximum atomic E-state index is 9.37. The van der Waals surface area contributed by atoms with Crippen LogP contribution in [0.15, 0.2) is 200 Å². The van der Waals surface area contributed by atoms with Crippen molar-refractivity contribution < 1.29 is 35.1 Å². The van der Waals surface area contributed by atoms with Crippen LogP contribution in [0.5, 0.6) is 11.6 Å². The molecule has 2 aromatic heterocycles. The van der Waals surface area contributed by atoms with E-state index in [1.807, 2.05) is 118 Å². The van der Waals surface area contributed by atoms with Crippen molar-refractivity contribution in [1.82, 2.24) is 14.1 Å². The molecule has 0 bridgehead atoms. The Balaban J connectivity index is 1.10. The van der Waals surface area contributed by atoms with Crippen LogP contribution in [0.4, 0.5) is 22.9 Å². The summed E-state index contributed by atoms with van der Waals surface area (Å²) >= 11 is 2.25. The van der Waals surface area contributed by atoms with Gasteiger partial charge < -0.3 is 0 Å². The molecule has 352 valence electrons. The zero-order chi connectivity index (χ0) is 55.9. The SMILES string of the molecule is [2H]c1c([2H])c([2H])c(-c2cc(C([2H])([2H])[2H])cc(-c3cc(C(C)(C)C)cc(C(C)(C)C)c3)c2-n2[c](=[Pt])n(-c3[c-]c(Oc4cccc(N5B(c6ccccc6)N(c6ccccc6)c6ccc[c-]c65)n4)ccc3)c3ccccc32)c([2H])c1[2H]. The molecule has 71 heavy (non-hydrogen) atoms. The first-order chi connectivity index (χ1) is 37.6. The molecule has 1 aliphatic heterocycles. The van der Waals surface area contributed by atoms with Gasteiger partial charge in [0.05, 0.1) is 0 Å². The number of imidazole rings is 1. The van der Waals surface area contributed by atoms with Gasteiger partial charge in [0.25, 0.3) is 0 Å². The number of aryl methyl sites for hydroxylation is 1. The number of aromatic nitrogens is 3. The van der Waals surface area contributed by atoms with Gasteiger partial charge in [-0.15, -0.1) is 6.07 Å². The van der Waals surface area contributed by atoms with Crippen molar-refractivity contribution in [1.29, 1.82) is 0 Å². The topological polar surface area (TPSA) is 38.5 Å². The number of nitrogens with zero attached hydrogens (tertiary/aromatic N) is 5. The van der Waals surface area contributed by atoms with Crippen LogP contribution < -0.4 is 19.8 Å². The van der Waals surface area contributed by atoms with Crippen LogP contribution in [0.3, 0.4) is 0 Å². The zero-order valence-electron chi connectivity index (χ0n) is 48.2. The van der Waals surface area contributed by atoms with Crippen LogP contribution in [0.1, 0.15) is 69.2 Å². The van der Waals surface area contributed by atoms with E-state index in [4.69, 9.17) is 17.9 Å². The number of para-hydroxylation sites is 4. The predicted octanol–water partition coefficient (Wildman–Crippen LogP) is 15.2. The first-order valence-electron chi connectivity index (χ1n) is 27.6. The fraction of sp³-hybridized carbons (Fsp3) is 0.143. The van der Waals surface area contributed by atoms with E-state index in [0.29, 0.717) is 49.3 Å². The number of anilines is 4. The number of fused-ring (bicyclic) bond motifs is 2. The summed E-state index contributed by atoms with van der Waals surface area (Å²) in [6.45, 7) is 9.85. The van der Waals surface area contributed by atoms with Crippen LogP contribution >= 0.6 is 0 Å². The third-order valence-electron chi connectivity index (χ3n) is 12.9. The van der Waals surface area contributed by atoms with Crippen molar-refractivity contribution in [3.05, 3.63) is 233 Å². The molecule has 10 aromatic rings. The van der Waals surface area contributed by atoms with Gasteiger partial charge in [0.1, 0.15) is 0 Å². The molecule has 0 radical (unpaired) electrons. The fourth-order valence-electron chi connectivity index (χ4n) is 9.42. The molecular formula is C63H54BN5OPt-2. The third-order valence-corrected chi connectivity index (χ3v) is 13.9. The van der Waals surface area contributed by atoms with Crippen LogP contribution in [-0.4, -0.2) is 21.1 Å². The summed E-state index contributed by atoms with van der Waals surface area (Å²) in [7, 11) is 0. The van der Waals surface area contributed by atoms with Crippen LogP contribution in [0, 0.1) is 22.8 Å². The molecule has 1 aliphatic rings. The summed E-state index contributed by atoms with van der Waals surface area (Å²) in [5.41, 5.74) is 9.02. The molecule has 0 spiro atoms. The number of hydrogen-bond acceptors (Lipinski definition) is 4. The third kappa shape index (κ3) is 8.67. The Morgan fingerprint density at radius 2 is 1.28 bits per heavy atom.